The van der Waals surface area contributed by atoms with Gasteiger partial charge in [-0.2, -0.15) is 9.78 Å². The number of nitrogens with two attached hydrogens (primary N) is 1. The highest BCUT2D eigenvalue weighted by Gasteiger charge is 2.25. The normalized spacial score (nSPS) is 11.1. The van der Waals surface area contributed by atoms with E-state index < -0.39 is 5.91 Å². The molecule has 37 heavy (non-hydrogen) atoms. The Balaban J connectivity index is 1.33. The number of hydrogen-bond acceptors (Lipinski definition) is 9. The molecule has 2 heterocycles. The van der Waals surface area contributed by atoms with Crippen LogP contribution in [0.1, 0.15) is 21.6 Å². The fourth-order valence-electron chi connectivity index (χ4n) is 3.41. The molecule has 1 amide bonds. The number of hydrogen-bond donors (Lipinski definition) is 2. The van der Waals surface area contributed by atoms with E-state index in [1.807, 2.05) is 60.7 Å². The lowest BCUT2D eigenvalue weighted by Gasteiger charge is -2.07. The summed E-state index contributed by atoms with van der Waals surface area (Å²) in [4.78, 5) is 13.2. The Labute approximate surface area is 215 Å². The smallest absolute Gasteiger partial charge is 0.292 e. The van der Waals surface area contributed by atoms with Crippen LogP contribution in [0.2, 0.25) is 5.02 Å². The third-order valence-corrected chi connectivity index (χ3v) is 5.44. The van der Waals surface area contributed by atoms with Gasteiger partial charge in [-0.1, -0.05) is 71.4 Å². The Morgan fingerprint density at radius 1 is 1.08 bits per heavy atom. The number of benzene rings is 3. The van der Waals surface area contributed by atoms with E-state index in [4.69, 9.17) is 22.1 Å². The molecule has 11 nitrogen and oxygen atoms in total. The highest BCUT2D eigenvalue weighted by molar-refractivity contribution is 6.30. The molecule has 0 spiro atoms. The molecular weight excluding hydrogens is 496 g/mol. The van der Waals surface area contributed by atoms with Crippen LogP contribution in [0.4, 0.5) is 5.82 Å². The minimum Gasteiger partial charge on any atom is -0.489 e. The van der Waals surface area contributed by atoms with E-state index in [0.29, 0.717) is 34.2 Å². The first-order valence-corrected chi connectivity index (χ1v) is 11.4. The minimum absolute atomic E-state index is 0.0364. The zero-order valence-corrected chi connectivity index (χ0v) is 19.9. The van der Waals surface area contributed by atoms with Gasteiger partial charge in [-0.15, -0.1) is 5.10 Å². The molecule has 0 radical (unpaired) electrons. The lowest BCUT2D eigenvalue weighted by Crippen LogP contribution is -2.22. The number of nitrogen functional groups attached to an aromatic ring is 1. The Morgan fingerprint density at radius 2 is 1.89 bits per heavy atom. The van der Waals surface area contributed by atoms with Crippen LogP contribution in [0.3, 0.4) is 0 Å². The second kappa shape index (κ2) is 10.7. The second-order valence-electron chi connectivity index (χ2n) is 7.72. The number of hydrazone groups is 1. The summed E-state index contributed by atoms with van der Waals surface area (Å²) in [5, 5.41) is 20.2. The molecule has 0 atom stereocenters. The van der Waals surface area contributed by atoms with E-state index >= 15 is 0 Å². The number of amides is 1. The van der Waals surface area contributed by atoms with Crippen LogP contribution in [-0.4, -0.2) is 37.4 Å². The van der Waals surface area contributed by atoms with Crippen LogP contribution in [0.15, 0.2) is 88.6 Å². The van der Waals surface area contributed by atoms with Gasteiger partial charge in [0, 0.05) is 10.6 Å². The Hall–Kier alpha value is -5.03. The van der Waals surface area contributed by atoms with Crippen molar-refractivity contribution in [2.75, 3.05) is 5.73 Å². The van der Waals surface area contributed by atoms with Gasteiger partial charge in [0.05, 0.1) is 6.21 Å². The first-order chi connectivity index (χ1) is 18.1. The van der Waals surface area contributed by atoms with Crippen LogP contribution in [0.5, 0.6) is 5.75 Å². The number of carbonyl (C=O) groups excluding carboxylic acids is 1. The number of halogens is 1. The van der Waals surface area contributed by atoms with Crippen molar-refractivity contribution in [3.8, 4) is 22.8 Å². The van der Waals surface area contributed by atoms with Crippen molar-refractivity contribution in [3.63, 3.8) is 0 Å². The van der Waals surface area contributed by atoms with E-state index in [2.05, 4.69) is 35.8 Å². The molecule has 0 aliphatic heterocycles. The SMILES string of the molecule is Nc1nonc1-n1nnc(-c2ccccc2)c1C(=O)N/N=C/c1cccc(OCc2ccc(Cl)cc2)c1. The van der Waals surface area contributed by atoms with Crippen molar-refractivity contribution in [3.05, 3.63) is 101 Å². The molecule has 2 aromatic heterocycles. The third-order valence-electron chi connectivity index (χ3n) is 5.19. The van der Waals surface area contributed by atoms with Gasteiger partial charge in [0.15, 0.2) is 5.69 Å². The van der Waals surface area contributed by atoms with E-state index in [-0.39, 0.29) is 17.3 Å². The quantitative estimate of drug-likeness (QED) is 0.234. The summed E-state index contributed by atoms with van der Waals surface area (Å²) >= 11 is 5.93. The second-order valence-corrected chi connectivity index (χ2v) is 8.16. The van der Waals surface area contributed by atoms with Crippen LogP contribution >= 0.6 is 11.6 Å². The first-order valence-electron chi connectivity index (χ1n) is 11.0. The van der Waals surface area contributed by atoms with Crippen molar-refractivity contribution in [2.24, 2.45) is 5.10 Å². The molecule has 0 unspecified atom stereocenters. The summed E-state index contributed by atoms with van der Waals surface area (Å²) in [5.74, 6) is 0.0531. The lowest BCUT2D eigenvalue weighted by molar-refractivity contribution is 0.0948. The predicted molar refractivity (Wildman–Crippen MR) is 136 cm³/mol. The summed E-state index contributed by atoms with van der Waals surface area (Å²) in [6.45, 7) is 0.383. The van der Waals surface area contributed by atoms with Gasteiger partial charge < -0.3 is 10.5 Å². The van der Waals surface area contributed by atoms with Crippen LogP contribution < -0.4 is 15.9 Å². The summed E-state index contributed by atoms with van der Waals surface area (Å²) in [6.07, 6.45) is 1.50. The van der Waals surface area contributed by atoms with Crippen molar-refractivity contribution < 1.29 is 14.2 Å². The largest absolute Gasteiger partial charge is 0.489 e. The maximum Gasteiger partial charge on any atom is 0.292 e. The number of nitrogens with zero attached hydrogens (tertiary/aromatic N) is 6. The van der Waals surface area contributed by atoms with Crippen molar-refractivity contribution in [1.82, 2.24) is 30.7 Å². The molecule has 0 aliphatic rings. The highest BCUT2D eigenvalue weighted by atomic mass is 35.5. The molecule has 0 aliphatic carbocycles. The molecule has 0 saturated heterocycles. The van der Waals surface area contributed by atoms with Gasteiger partial charge in [0.1, 0.15) is 18.1 Å². The molecule has 3 aromatic carbocycles. The number of rotatable bonds is 8. The van der Waals surface area contributed by atoms with Gasteiger partial charge >= 0.3 is 0 Å². The topological polar surface area (TPSA) is 146 Å². The molecular formula is C25H19ClN8O3. The molecule has 12 heteroatoms. The van der Waals surface area contributed by atoms with E-state index in [9.17, 15) is 4.79 Å². The van der Waals surface area contributed by atoms with E-state index in [1.54, 1.807) is 18.2 Å². The van der Waals surface area contributed by atoms with Gasteiger partial charge in [-0.25, -0.2) is 10.1 Å². The van der Waals surface area contributed by atoms with Gasteiger partial charge in [-0.3, -0.25) is 4.79 Å². The molecule has 0 fully saturated rings. The average molecular weight is 515 g/mol. The van der Waals surface area contributed by atoms with Crippen LogP contribution in [-0.2, 0) is 6.61 Å². The summed E-state index contributed by atoms with van der Waals surface area (Å²) in [7, 11) is 0. The number of ether oxygens (including phenoxy) is 1. The van der Waals surface area contributed by atoms with Crippen LogP contribution in [0.25, 0.3) is 17.1 Å². The number of nitrogens with one attached hydrogen (secondary N) is 1. The fourth-order valence-corrected chi connectivity index (χ4v) is 3.54. The molecule has 5 rings (SSSR count). The maximum absolute atomic E-state index is 13.2. The molecule has 0 saturated carbocycles. The molecule has 3 N–H and O–H groups in total. The summed E-state index contributed by atoms with van der Waals surface area (Å²) in [6, 6.07) is 23.8. The number of carbonyl (C=O) groups is 1. The number of aromatic nitrogens is 5. The minimum atomic E-state index is -0.586. The average Bonchev–Trinajstić information content (AvgIpc) is 3.55. The van der Waals surface area contributed by atoms with Gasteiger partial charge in [-0.05, 0) is 45.7 Å². The van der Waals surface area contributed by atoms with Crippen molar-refractivity contribution in [2.45, 2.75) is 6.61 Å². The van der Waals surface area contributed by atoms with E-state index in [0.717, 1.165) is 10.2 Å². The molecule has 0 bridgehead atoms. The highest BCUT2D eigenvalue weighted by Crippen LogP contribution is 2.24. The summed E-state index contributed by atoms with van der Waals surface area (Å²) in [5.41, 5.74) is 11.1. The Bertz CT molecular complexity index is 1550. The van der Waals surface area contributed by atoms with Gasteiger partial charge in [0.25, 0.3) is 5.91 Å². The zero-order chi connectivity index (χ0) is 25.6. The Morgan fingerprint density at radius 3 is 2.65 bits per heavy atom. The summed E-state index contributed by atoms with van der Waals surface area (Å²) < 4.78 is 11.7. The standard InChI is InChI=1S/C25H19ClN8O3/c26-19-11-9-16(10-12-19)15-36-20-8-4-5-17(13-20)14-28-30-25(35)22-21(18-6-2-1-3-7-18)29-33-34(22)24-23(27)31-37-32-24/h1-14H,15H2,(H2,27,31)(H,30,35)/b28-14+. The third kappa shape index (κ3) is 5.46. The lowest BCUT2D eigenvalue weighted by atomic mass is 10.1. The van der Waals surface area contributed by atoms with Crippen molar-refractivity contribution in [1.29, 1.82) is 0 Å². The monoisotopic (exact) mass is 514 g/mol. The van der Waals surface area contributed by atoms with Gasteiger partial charge in [0.2, 0.25) is 11.6 Å². The zero-order valence-electron chi connectivity index (χ0n) is 19.2. The first kappa shape index (κ1) is 23.7. The molecule has 5 aromatic rings. The van der Waals surface area contributed by atoms with Crippen molar-refractivity contribution >= 4 is 29.5 Å². The predicted octanol–water partition coefficient (Wildman–Crippen LogP) is 3.90. The maximum atomic E-state index is 13.2. The number of anilines is 1. The molecule has 184 valence electrons. The Kier molecular flexibility index (Phi) is 6.86. The van der Waals surface area contributed by atoms with E-state index in [1.165, 1.54) is 6.21 Å². The van der Waals surface area contributed by atoms with Crippen LogP contribution in [0, 0.1) is 0 Å². The fraction of sp³-hybridized carbons (Fsp3) is 0.0400.